The summed E-state index contributed by atoms with van der Waals surface area (Å²) in [6, 6.07) is 3.30. The fraction of sp³-hybridized carbons (Fsp3) is 0.412. The number of nitrogens with one attached hydrogen (secondary N) is 3. The highest BCUT2D eigenvalue weighted by molar-refractivity contribution is 5.74. The lowest BCUT2D eigenvalue weighted by atomic mass is 10.1. The van der Waals surface area contributed by atoms with Crippen molar-refractivity contribution >= 4 is 6.03 Å². The Kier molecular flexibility index (Phi) is 4.93. The van der Waals surface area contributed by atoms with E-state index in [1.165, 1.54) is 0 Å². The Balaban J connectivity index is 1.98. The Morgan fingerprint density at radius 1 is 1.26 bits per heavy atom. The molecule has 0 bridgehead atoms. The molecule has 2 heterocycles. The van der Waals surface area contributed by atoms with E-state index in [9.17, 15) is 9.59 Å². The monoisotopic (exact) mass is 317 g/mol. The Bertz CT molecular complexity index is 774. The van der Waals surface area contributed by atoms with E-state index in [-0.39, 0.29) is 24.2 Å². The molecule has 124 valence electrons. The molecule has 2 aromatic heterocycles. The third-order valence-corrected chi connectivity index (χ3v) is 3.81. The highest BCUT2D eigenvalue weighted by Crippen LogP contribution is 2.20. The van der Waals surface area contributed by atoms with E-state index >= 15 is 0 Å². The van der Waals surface area contributed by atoms with Gasteiger partial charge in [-0.25, -0.2) is 4.79 Å². The second-order valence-corrected chi connectivity index (χ2v) is 5.86. The van der Waals surface area contributed by atoms with Gasteiger partial charge in [0.05, 0.1) is 12.6 Å². The Labute approximate surface area is 135 Å². The summed E-state index contributed by atoms with van der Waals surface area (Å²) in [5, 5.41) is 5.57. The van der Waals surface area contributed by atoms with Gasteiger partial charge in [0.1, 0.15) is 11.5 Å². The summed E-state index contributed by atoms with van der Waals surface area (Å²) in [6.45, 7) is 9.50. The molecule has 0 fully saturated rings. The van der Waals surface area contributed by atoms with Crippen LogP contribution in [0.25, 0.3) is 0 Å². The van der Waals surface area contributed by atoms with Crippen molar-refractivity contribution in [2.45, 2.75) is 47.2 Å². The molecule has 2 amide bonds. The van der Waals surface area contributed by atoms with Crippen molar-refractivity contribution in [1.82, 2.24) is 15.6 Å². The zero-order valence-corrected chi connectivity index (χ0v) is 14.2. The highest BCUT2D eigenvalue weighted by atomic mass is 16.3. The molecule has 6 nitrogen and oxygen atoms in total. The van der Waals surface area contributed by atoms with Gasteiger partial charge >= 0.3 is 6.03 Å². The molecule has 2 rings (SSSR count). The topological polar surface area (TPSA) is 87.1 Å². The van der Waals surface area contributed by atoms with Crippen LogP contribution in [0.1, 0.15) is 46.9 Å². The van der Waals surface area contributed by atoms with Gasteiger partial charge in [-0.2, -0.15) is 0 Å². The van der Waals surface area contributed by atoms with E-state index in [1.54, 1.807) is 0 Å². The third-order valence-electron chi connectivity index (χ3n) is 3.81. The van der Waals surface area contributed by atoms with Gasteiger partial charge in [0.2, 0.25) is 0 Å². The van der Waals surface area contributed by atoms with Crippen LogP contribution in [0.3, 0.4) is 0 Å². The van der Waals surface area contributed by atoms with Crippen LogP contribution in [0.5, 0.6) is 0 Å². The second kappa shape index (κ2) is 6.73. The predicted molar refractivity (Wildman–Crippen MR) is 88.5 cm³/mol. The summed E-state index contributed by atoms with van der Waals surface area (Å²) in [7, 11) is 0. The predicted octanol–water partition coefficient (Wildman–Crippen LogP) is 2.76. The molecular weight excluding hydrogens is 294 g/mol. The minimum atomic E-state index is -0.324. The molecular formula is C17H23N3O3. The van der Waals surface area contributed by atoms with Crippen LogP contribution in [0.15, 0.2) is 21.3 Å². The van der Waals surface area contributed by atoms with E-state index in [0.717, 1.165) is 28.3 Å². The van der Waals surface area contributed by atoms with Crippen LogP contribution < -0.4 is 16.2 Å². The van der Waals surface area contributed by atoms with Crippen molar-refractivity contribution in [3.8, 4) is 0 Å². The number of carbonyl (C=O) groups excluding carboxylic acids is 1. The summed E-state index contributed by atoms with van der Waals surface area (Å²) < 4.78 is 5.47. The molecule has 0 aliphatic rings. The van der Waals surface area contributed by atoms with Crippen molar-refractivity contribution < 1.29 is 9.21 Å². The summed E-state index contributed by atoms with van der Waals surface area (Å²) in [4.78, 5) is 26.7. The van der Waals surface area contributed by atoms with E-state index < -0.39 is 0 Å². The van der Waals surface area contributed by atoms with Crippen molar-refractivity contribution in [2.24, 2.45) is 0 Å². The van der Waals surface area contributed by atoms with Gasteiger partial charge in [0.15, 0.2) is 0 Å². The third kappa shape index (κ3) is 4.03. The number of carbonyl (C=O) groups is 1. The lowest BCUT2D eigenvalue weighted by molar-refractivity contribution is 0.237. The Morgan fingerprint density at radius 2 is 1.96 bits per heavy atom. The summed E-state index contributed by atoms with van der Waals surface area (Å²) in [5.74, 6) is 1.61. The molecule has 0 radical (unpaired) electrons. The molecule has 0 aliphatic heterocycles. The van der Waals surface area contributed by atoms with Crippen LogP contribution in [0.2, 0.25) is 0 Å². The molecule has 1 atom stereocenters. The zero-order valence-electron chi connectivity index (χ0n) is 14.2. The average molecular weight is 317 g/mol. The number of furan rings is 1. The molecule has 6 heteroatoms. The molecule has 0 aliphatic carbocycles. The number of hydrogen-bond acceptors (Lipinski definition) is 3. The fourth-order valence-corrected chi connectivity index (χ4v) is 2.68. The summed E-state index contributed by atoms with van der Waals surface area (Å²) in [6.07, 6.45) is 0. The van der Waals surface area contributed by atoms with E-state index in [1.807, 2.05) is 46.8 Å². The molecule has 23 heavy (non-hydrogen) atoms. The van der Waals surface area contributed by atoms with Crippen LogP contribution in [-0.2, 0) is 6.54 Å². The van der Waals surface area contributed by atoms with E-state index in [4.69, 9.17) is 4.42 Å². The maximum Gasteiger partial charge on any atom is 0.315 e. The van der Waals surface area contributed by atoms with Gasteiger partial charge in [-0.15, -0.1) is 0 Å². The van der Waals surface area contributed by atoms with Crippen molar-refractivity contribution in [1.29, 1.82) is 0 Å². The smallest absolute Gasteiger partial charge is 0.315 e. The van der Waals surface area contributed by atoms with Gasteiger partial charge in [-0.1, -0.05) is 0 Å². The first kappa shape index (κ1) is 16.9. The lowest BCUT2D eigenvalue weighted by Gasteiger charge is -2.14. The van der Waals surface area contributed by atoms with Gasteiger partial charge in [0, 0.05) is 16.8 Å². The number of aromatic nitrogens is 1. The minimum Gasteiger partial charge on any atom is -0.466 e. The number of urea groups is 1. The van der Waals surface area contributed by atoms with Gasteiger partial charge in [-0.05, 0) is 52.3 Å². The molecule has 2 aromatic rings. The van der Waals surface area contributed by atoms with E-state index in [0.29, 0.717) is 5.56 Å². The second-order valence-electron chi connectivity index (χ2n) is 5.86. The molecule has 0 saturated carbocycles. The van der Waals surface area contributed by atoms with Crippen LogP contribution in [0, 0.1) is 27.7 Å². The van der Waals surface area contributed by atoms with Crippen molar-refractivity contribution in [2.75, 3.05) is 0 Å². The molecule has 0 spiro atoms. The first-order valence-corrected chi connectivity index (χ1v) is 7.58. The van der Waals surface area contributed by atoms with Crippen LogP contribution in [0.4, 0.5) is 4.79 Å². The molecule has 0 saturated heterocycles. The number of hydrogen-bond donors (Lipinski definition) is 3. The number of aryl methyl sites for hydroxylation is 4. The lowest BCUT2D eigenvalue weighted by Crippen LogP contribution is -2.38. The highest BCUT2D eigenvalue weighted by Gasteiger charge is 2.15. The number of aromatic amines is 1. The normalized spacial score (nSPS) is 12.0. The number of H-pyrrole nitrogens is 1. The minimum absolute atomic E-state index is 0.169. The van der Waals surface area contributed by atoms with Crippen molar-refractivity contribution in [3.05, 3.63) is 56.4 Å². The van der Waals surface area contributed by atoms with Gasteiger partial charge in [-0.3, -0.25) is 4.79 Å². The summed E-state index contributed by atoms with van der Waals surface area (Å²) >= 11 is 0. The maximum atomic E-state index is 12.0. The largest absolute Gasteiger partial charge is 0.466 e. The van der Waals surface area contributed by atoms with Crippen LogP contribution >= 0.6 is 0 Å². The molecule has 0 aromatic carbocycles. The summed E-state index contributed by atoms with van der Waals surface area (Å²) in [5.41, 5.74) is 3.01. The zero-order chi connectivity index (χ0) is 17.1. The average Bonchev–Trinajstić information content (AvgIpc) is 2.76. The quantitative estimate of drug-likeness (QED) is 0.810. The van der Waals surface area contributed by atoms with Gasteiger partial charge < -0.3 is 20.0 Å². The van der Waals surface area contributed by atoms with Crippen molar-refractivity contribution in [3.63, 3.8) is 0 Å². The molecule has 3 N–H and O–H groups in total. The number of pyridine rings is 1. The first-order valence-electron chi connectivity index (χ1n) is 7.58. The number of amides is 2. The maximum absolute atomic E-state index is 12.0. The SMILES string of the molecule is Cc1cc(C)c(CNC(=O)N[C@H](C)c2cc(C)oc2C)c(=O)[nH]1. The Morgan fingerprint density at radius 3 is 2.52 bits per heavy atom. The van der Waals surface area contributed by atoms with Crippen LogP contribution in [-0.4, -0.2) is 11.0 Å². The molecule has 0 unspecified atom stereocenters. The van der Waals surface area contributed by atoms with E-state index in [2.05, 4.69) is 15.6 Å². The van der Waals surface area contributed by atoms with Gasteiger partial charge in [0.25, 0.3) is 5.56 Å². The fourth-order valence-electron chi connectivity index (χ4n) is 2.68. The standard InChI is InChI=1S/C17H23N3O3/c1-9-6-10(2)19-16(21)15(9)8-18-17(22)20-12(4)14-7-11(3)23-13(14)5/h6-7,12H,8H2,1-5H3,(H,19,21)(H2,18,20,22)/t12-/m1/s1. The first-order chi connectivity index (χ1) is 10.8. The number of rotatable bonds is 4. The Hall–Kier alpha value is -2.50.